The van der Waals surface area contributed by atoms with Gasteiger partial charge in [-0.3, -0.25) is 25.1 Å². The quantitative estimate of drug-likeness (QED) is 0.468. The predicted octanol–water partition coefficient (Wildman–Crippen LogP) is 3.35. The molecule has 2 aromatic carbocycles. The van der Waals surface area contributed by atoms with E-state index in [1.165, 1.54) is 18.2 Å². The smallest absolute Gasteiger partial charge is 0.269 e. The average molecular weight is 401 g/mol. The molecule has 1 saturated heterocycles. The van der Waals surface area contributed by atoms with E-state index < -0.39 is 9.85 Å². The van der Waals surface area contributed by atoms with Crippen molar-refractivity contribution in [3.63, 3.8) is 0 Å². The van der Waals surface area contributed by atoms with Crippen LogP contribution in [0.1, 0.15) is 17.5 Å². The van der Waals surface area contributed by atoms with E-state index in [-0.39, 0.29) is 18.0 Å². The first-order chi connectivity index (χ1) is 14.0. The molecule has 0 bridgehead atoms. The van der Waals surface area contributed by atoms with Crippen LogP contribution in [0, 0.1) is 20.2 Å². The fourth-order valence-electron chi connectivity index (χ4n) is 3.21. The summed E-state index contributed by atoms with van der Waals surface area (Å²) in [6, 6.07) is 10.7. The van der Waals surface area contributed by atoms with Gasteiger partial charge in [0.2, 0.25) is 0 Å². The second-order valence-electron chi connectivity index (χ2n) is 6.82. The van der Waals surface area contributed by atoms with Crippen LogP contribution >= 0.6 is 0 Å². The van der Waals surface area contributed by atoms with Gasteiger partial charge in [0.25, 0.3) is 11.4 Å². The zero-order valence-electron chi connectivity index (χ0n) is 16.0. The van der Waals surface area contributed by atoms with E-state index in [0.29, 0.717) is 12.2 Å². The summed E-state index contributed by atoms with van der Waals surface area (Å²) in [4.78, 5) is 23.3. The van der Waals surface area contributed by atoms with Crippen molar-refractivity contribution in [2.24, 2.45) is 0 Å². The van der Waals surface area contributed by atoms with Gasteiger partial charge in [0.15, 0.2) is 0 Å². The lowest BCUT2D eigenvalue weighted by Crippen LogP contribution is -2.36. The van der Waals surface area contributed by atoms with Gasteiger partial charge in [0.1, 0.15) is 12.4 Å². The molecule has 1 fully saturated rings. The highest BCUT2D eigenvalue weighted by atomic mass is 16.6. The molecule has 0 atom stereocenters. The van der Waals surface area contributed by atoms with E-state index in [1.54, 1.807) is 24.3 Å². The Labute approximate surface area is 168 Å². The van der Waals surface area contributed by atoms with Crippen molar-refractivity contribution in [3.8, 4) is 5.75 Å². The maximum Gasteiger partial charge on any atom is 0.269 e. The van der Waals surface area contributed by atoms with Gasteiger partial charge in [0.05, 0.1) is 23.1 Å². The molecule has 2 aromatic rings. The number of nitro groups is 2. The van der Waals surface area contributed by atoms with Crippen LogP contribution in [0.4, 0.5) is 11.4 Å². The molecule has 154 valence electrons. The number of hydrogen-bond donors (Lipinski definition) is 0. The number of benzene rings is 2. The molecule has 9 heteroatoms. The van der Waals surface area contributed by atoms with E-state index >= 15 is 0 Å². The Morgan fingerprint density at radius 2 is 1.62 bits per heavy atom. The van der Waals surface area contributed by atoms with Gasteiger partial charge in [-0.1, -0.05) is 0 Å². The van der Waals surface area contributed by atoms with Gasteiger partial charge in [-0.2, -0.15) is 0 Å². The van der Waals surface area contributed by atoms with E-state index in [2.05, 4.69) is 4.90 Å². The molecule has 0 amide bonds. The molecule has 0 radical (unpaired) electrons. The Balaban J connectivity index is 1.64. The number of morpholine rings is 1. The Morgan fingerprint density at radius 1 is 0.966 bits per heavy atom. The van der Waals surface area contributed by atoms with Crippen LogP contribution in [-0.4, -0.2) is 47.6 Å². The maximum absolute atomic E-state index is 11.1. The minimum atomic E-state index is -0.451. The Bertz CT molecular complexity index is 850. The van der Waals surface area contributed by atoms with Gasteiger partial charge >= 0.3 is 0 Å². The highest BCUT2D eigenvalue weighted by Gasteiger charge is 2.14. The zero-order chi connectivity index (χ0) is 20.6. The van der Waals surface area contributed by atoms with Crippen molar-refractivity contribution in [1.29, 1.82) is 0 Å². The van der Waals surface area contributed by atoms with Gasteiger partial charge < -0.3 is 9.47 Å². The Kier molecular flexibility index (Phi) is 7.09. The molecule has 0 aromatic heterocycles. The molecule has 29 heavy (non-hydrogen) atoms. The summed E-state index contributed by atoms with van der Waals surface area (Å²) in [6.07, 6.45) is 1.52. The van der Waals surface area contributed by atoms with Crippen LogP contribution in [0.25, 0.3) is 0 Å². The number of non-ortho nitro benzene ring substituents is 2. The highest BCUT2D eigenvalue weighted by molar-refractivity contribution is 5.44. The number of ether oxygens (including phenoxy) is 2. The molecule has 0 spiro atoms. The molecular formula is C20H23N3O6. The lowest BCUT2D eigenvalue weighted by molar-refractivity contribution is -0.385. The van der Waals surface area contributed by atoms with Crippen molar-refractivity contribution >= 4 is 11.4 Å². The third kappa shape index (κ3) is 5.97. The molecule has 9 nitrogen and oxygen atoms in total. The summed E-state index contributed by atoms with van der Waals surface area (Å²) in [7, 11) is 0. The van der Waals surface area contributed by atoms with E-state index in [9.17, 15) is 20.2 Å². The summed E-state index contributed by atoms with van der Waals surface area (Å²) in [5, 5.41) is 21.9. The van der Waals surface area contributed by atoms with E-state index in [1.807, 2.05) is 0 Å². The van der Waals surface area contributed by atoms with Crippen molar-refractivity contribution in [2.75, 3.05) is 32.8 Å². The molecule has 1 aliphatic rings. The average Bonchev–Trinajstić information content (AvgIpc) is 2.73. The third-order valence-corrected chi connectivity index (χ3v) is 4.82. The molecular weight excluding hydrogens is 378 g/mol. The summed E-state index contributed by atoms with van der Waals surface area (Å²) in [5.41, 5.74) is 1.63. The summed E-state index contributed by atoms with van der Waals surface area (Å²) in [5.74, 6) is 0.593. The monoisotopic (exact) mass is 401 g/mol. The van der Waals surface area contributed by atoms with Gasteiger partial charge in [-0.25, -0.2) is 0 Å². The second-order valence-corrected chi connectivity index (χ2v) is 6.82. The SMILES string of the molecule is O=[N+]([O-])c1ccc(COc2ccc([N+](=O)[O-])cc2CCCN2CCOCC2)cc1. The molecule has 1 aliphatic heterocycles. The van der Waals surface area contributed by atoms with Crippen LogP contribution in [0.3, 0.4) is 0 Å². The minimum Gasteiger partial charge on any atom is -0.489 e. The number of rotatable bonds is 9. The lowest BCUT2D eigenvalue weighted by atomic mass is 10.1. The lowest BCUT2D eigenvalue weighted by Gasteiger charge is -2.26. The van der Waals surface area contributed by atoms with Crippen LogP contribution < -0.4 is 4.74 Å². The van der Waals surface area contributed by atoms with Crippen molar-refractivity contribution in [2.45, 2.75) is 19.4 Å². The molecule has 0 aliphatic carbocycles. The molecule has 0 N–H and O–H groups in total. The van der Waals surface area contributed by atoms with Crippen LogP contribution in [0.2, 0.25) is 0 Å². The van der Waals surface area contributed by atoms with Crippen molar-refractivity contribution in [3.05, 3.63) is 73.8 Å². The highest BCUT2D eigenvalue weighted by Crippen LogP contribution is 2.27. The topological polar surface area (TPSA) is 108 Å². The number of aryl methyl sites for hydroxylation is 1. The van der Waals surface area contributed by atoms with Gasteiger partial charge in [0, 0.05) is 42.9 Å². The molecule has 3 rings (SSSR count). The predicted molar refractivity (Wildman–Crippen MR) is 106 cm³/mol. The fraction of sp³-hybridized carbons (Fsp3) is 0.400. The maximum atomic E-state index is 11.1. The molecule has 0 saturated carbocycles. The molecule has 0 unspecified atom stereocenters. The van der Waals surface area contributed by atoms with Crippen molar-refractivity contribution in [1.82, 2.24) is 4.90 Å². The number of hydrogen-bond acceptors (Lipinski definition) is 7. The third-order valence-electron chi connectivity index (χ3n) is 4.82. The zero-order valence-corrected chi connectivity index (χ0v) is 16.0. The largest absolute Gasteiger partial charge is 0.489 e. The summed E-state index contributed by atoms with van der Waals surface area (Å²) < 4.78 is 11.2. The van der Waals surface area contributed by atoms with E-state index in [0.717, 1.165) is 50.4 Å². The normalized spacial score (nSPS) is 14.5. The first-order valence-corrected chi connectivity index (χ1v) is 9.46. The minimum absolute atomic E-state index is 0.0212. The Morgan fingerprint density at radius 3 is 2.28 bits per heavy atom. The first-order valence-electron chi connectivity index (χ1n) is 9.46. The van der Waals surface area contributed by atoms with Gasteiger partial charge in [-0.15, -0.1) is 0 Å². The van der Waals surface area contributed by atoms with Crippen molar-refractivity contribution < 1.29 is 19.3 Å². The van der Waals surface area contributed by atoms with Crippen LogP contribution in [-0.2, 0) is 17.8 Å². The number of nitro benzene ring substituents is 2. The Hall–Kier alpha value is -3.04. The first kappa shape index (κ1) is 20.7. The summed E-state index contributed by atoms with van der Waals surface area (Å²) in [6.45, 7) is 4.40. The standard InChI is InChI=1S/C20H23N3O6/c24-22(25)18-5-3-16(4-6-18)15-29-20-8-7-19(23(26)27)14-17(20)2-1-9-21-10-12-28-13-11-21/h3-8,14H,1-2,9-13,15H2. The number of nitrogens with zero attached hydrogens (tertiary/aromatic N) is 3. The van der Waals surface area contributed by atoms with Gasteiger partial charge in [-0.05, 0) is 43.1 Å². The summed E-state index contributed by atoms with van der Waals surface area (Å²) >= 11 is 0. The molecule has 1 heterocycles. The second kappa shape index (κ2) is 9.94. The fourth-order valence-corrected chi connectivity index (χ4v) is 3.21. The van der Waals surface area contributed by atoms with E-state index in [4.69, 9.17) is 9.47 Å². The van der Waals surface area contributed by atoms with Crippen LogP contribution in [0.15, 0.2) is 42.5 Å². The van der Waals surface area contributed by atoms with Crippen LogP contribution in [0.5, 0.6) is 5.75 Å².